The minimum Gasteiger partial charge on any atom is -0.310 e. The second-order valence-electron chi connectivity index (χ2n) is 18.1. The number of fused-ring (bicyclic) bond motifs is 9. The Bertz CT molecular complexity index is 2970. The van der Waals surface area contributed by atoms with Crippen molar-refractivity contribution in [2.75, 3.05) is 4.90 Å². The molecule has 0 saturated heterocycles. The zero-order valence-electron chi connectivity index (χ0n) is 34.2. The van der Waals surface area contributed by atoms with E-state index >= 15 is 0 Å². The van der Waals surface area contributed by atoms with Crippen LogP contribution in [0.3, 0.4) is 0 Å². The van der Waals surface area contributed by atoms with Gasteiger partial charge in [-0.2, -0.15) is 0 Å². The molecule has 0 radical (unpaired) electrons. The highest BCUT2D eigenvalue weighted by Crippen LogP contribution is 2.57. The molecule has 1 nitrogen and oxygen atoms in total. The largest absolute Gasteiger partial charge is 0.310 e. The fraction of sp³-hybridized carbons (Fsp3) is 0.158. The van der Waals surface area contributed by atoms with Gasteiger partial charge >= 0.3 is 0 Å². The molecule has 8 aromatic carbocycles. The topological polar surface area (TPSA) is 3.24 Å². The Morgan fingerprint density at radius 1 is 0.293 bits per heavy atom. The van der Waals surface area contributed by atoms with Gasteiger partial charge in [-0.15, -0.1) is 0 Å². The number of anilines is 3. The van der Waals surface area contributed by atoms with E-state index in [1.807, 2.05) is 0 Å². The fourth-order valence-corrected chi connectivity index (χ4v) is 11.1. The first kappa shape index (κ1) is 34.8. The SMILES string of the molecule is CC1(C)c2ccccc2-c2ccc(N(c3ccc(-c4ccccc4-c4cccc5c4C(C)(C)c4ccccc4-5)cc3)c3cccc4c3C(C)(C)c3ccccc3-4)cc21. The summed E-state index contributed by atoms with van der Waals surface area (Å²) in [7, 11) is 0. The number of hydrogen-bond donors (Lipinski definition) is 0. The van der Waals surface area contributed by atoms with Gasteiger partial charge in [-0.1, -0.05) is 187 Å². The van der Waals surface area contributed by atoms with Crippen molar-refractivity contribution in [1.82, 2.24) is 0 Å². The van der Waals surface area contributed by atoms with Gasteiger partial charge in [-0.05, 0) is 119 Å². The standard InChI is InChI=1S/C57H47N/c1-55(2)48-25-12-9-19-41(48)44-34-33-38(35-51(44)55)58(52-28-16-24-47-43-21-11-14-27-50(43)57(5,6)54(47)52)37-31-29-36(30-32-37)39-17-7-8-18-40(39)45-22-15-23-46-42-20-10-13-26-49(42)56(3,4)53(45)46/h7-35H,1-6H3. The Balaban J connectivity index is 1.07. The predicted octanol–water partition coefficient (Wildman–Crippen LogP) is 15.4. The lowest BCUT2D eigenvalue weighted by Crippen LogP contribution is -2.21. The van der Waals surface area contributed by atoms with Gasteiger partial charge in [0.1, 0.15) is 0 Å². The number of hydrogen-bond acceptors (Lipinski definition) is 1. The minimum atomic E-state index is -0.171. The maximum atomic E-state index is 2.52. The Kier molecular flexibility index (Phi) is 7.36. The van der Waals surface area contributed by atoms with E-state index in [9.17, 15) is 0 Å². The molecule has 280 valence electrons. The highest BCUT2D eigenvalue weighted by atomic mass is 15.1. The summed E-state index contributed by atoms with van der Waals surface area (Å²) in [6.45, 7) is 14.3. The van der Waals surface area contributed by atoms with Crippen LogP contribution in [0.25, 0.3) is 55.6 Å². The van der Waals surface area contributed by atoms with E-state index in [4.69, 9.17) is 0 Å². The molecule has 11 rings (SSSR count). The molecule has 0 saturated carbocycles. The lowest BCUT2D eigenvalue weighted by molar-refractivity contribution is 0.658. The molecule has 0 heterocycles. The molecular formula is C57H47N. The van der Waals surface area contributed by atoms with E-state index < -0.39 is 0 Å². The quantitative estimate of drug-likeness (QED) is 0.170. The van der Waals surface area contributed by atoms with Crippen LogP contribution in [-0.2, 0) is 16.2 Å². The number of nitrogens with zero attached hydrogens (tertiary/aromatic N) is 1. The molecule has 0 aliphatic heterocycles. The Hall–Kier alpha value is -6.44. The van der Waals surface area contributed by atoms with Gasteiger partial charge in [-0.25, -0.2) is 0 Å². The number of rotatable bonds is 5. The van der Waals surface area contributed by atoms with E-state index in [2.05, 4.69) is 222 Å². The van der Waals surface area contributed by atoms with Gasteiger partial charge in [0.05, 0.1) is 5.69 Å². The lowest BCUT2D eigenvalue weighted by atomic mass is 9.78. The Morgan fingerprint density at radius 2 is 0.707 bits per heavy atom. The van der Waals surface area contributed by atoms with E-state index in [1.54, 1.807) is 0 Å². The summed E-state index contributed by atoms with van der Waals surface area (Å²) < 4.78 is 0. The summed E-state index contributed by atoms with van der Waals surface area (Å²) >= 11 is 0. The molecule has 0 aromatic heterocycles. The van der Waals surface area contributed by atoms with Crippen LogP contribution < -0.4 is 4.90 Å². The van der Waals surface area contributed by atoms with Crippen molar-refractivity contribution < 1.29 is 0 Å². The summed E-state index contributed by atoms with van der Waals surface area (Å²) in [4.78, 5) is 2.52. The van der Waals surface area contributed by atoms with Gasteiger partial charge in [0.2, 0.25) is 0 Å². The molecule has 0 unspecified atom stereocenters. The molecular weight excluding hydrogens is 699 g/mol. The van der Waals surface area contributed by atoms with E-state index in [-0.39, 0.29) is 16.2 Å². The molecule has 0 N–H and O–H groups in total. The normalized spacial score (nSPS) is 15.5. The second kappa shape index (κ2) is 12.3. The number of benzene rings is 8. The van der Waals surface area contributed by atoms with E-state index in [1.165, 1.54) is 100 Å². The molecule has 0 bridgehead atoms. The molecule has 0 fully saturated rings. The average Bonchev–Trinajstić information content (AvgIpc) is 3.74. The van der Waals surface area contributed by atoms with Gasteiger partial charge in [0, 0.05) is 27.6 Å². The van der Waals surface area contributed by atoms with Crippen LogP contribution in [0.4, 0.5) is 17.1 Å². The second-order valence-corrected chi connectivity index (χ2v) is 18.1. The zero-order valence-corrected chi connectivity index (χ0v) is 34.2. The van der Waals surface area contributed by atoms with Crippen LogP contribution in [0.5, 0.6) is 0 Å². The van der Waals surface area contributed by atoms with E-state index in [0.29, 0.717) is 0 Å². The molecule has 58 heavy (non-hydrogen) atoms. The Labute approximate surface area is 343 Å². The van der Waals surface area contributed by atoms with Crippen LogP contribution in [0, 0.1) is 0 Å². The van der Waals surface area contributed by atoms with Crippen LogP contribution in [0.2, 0.25) is 0 Å². The van der Waals surface area contributed by atoms with Crippen LogP contribution in [0.15, 0.2) is 176 Å². The first-order valence-electron chi connectivity index (χ1n) is 20.8. The molecule has 3 aliphatic carbocycles. The first-order chi connectivity index (χ1) is 28.1. The summed E-state index contributed by atoms with van der Waals surface area (Å²) in [5.41, 5.74) is 24.6. The summed E-state index contributed by atoms with van der Waals surface area (Å²) in [5.74, 6) is 0. The Morgan fingerprint density at radius 3 is 1.33 bits per heavy atom. The third kappa shape index (κ3) is 4.77. The van der Waals surface area contributed by atoms with Crippen molar-refractivity contribution in [2.24, 2.45) is 0 Å². The molecule has 0 atom stereocenters. The van der Waals surface area contributed by atoms with Gasteiger partial charge < -0.3 is 4.90 Å². The molecule has 0 amide bonds. The van der Waals surface area contributed by atoms with Crippen molar-refractivity contribution in [3.8, 4) is 55.6 Å². The summed E-state index contributed by atoms with van der Waals surface area (Å²) in [6, 6.07) is 66.0. The molecule has 0 spiro atoms. The average molecular weight is 746 g/mol. The van der Waals surface area contributed by atoms with Crippen LogP contribution in [-0.4, -0.2) is 0 Å². The monoisotopic (exact) mass is 745 g/mol. The van der Waals surface area contributed by atoms with Crippen LogP contribution >= 0.6 is 0 Å². The van der Waals surface area contributed by atoms with Gasteiger partial charge in [0.25, 0.3) is 0 Å². The zero-order chi connectivity index (χ0) is 39.6. The van der Waals surface area contributed by atoms with Crippen LogP contribution in [0.1, 0.15) is 74.9 Å². The smallest absolute Gasteiger partial charge is 0.0508 e. The van der Waals surface area contributed by atoms with Crippen molar-refractivity contribution in [2.45, 2.75) is 57.8 Å². The maximum absolute atomic E-state index is 2.52. The third-order valence-corrected chi connectivity index (χ3v) is 13.9. The molecule has 1 heteroatoms. The molecule has 3 aliphatic rings. The summed E-state index contributed by atoms with van der Waals surface area (Å²) in [6.07, 6.45) is 0. The maximum Gasteiger partial charge on any atom is 0.0508 e. The highest BCUT2D eigenvalue weighted by molar-refractivity contribution is 5.95. The third-order valence-electron chi connectivity index (χ3n) is 13.9. The lowest BCUT2D eigenvalue weighted by Gasteiger charge is -2.33. The highest BCUT2D eigenvalue weighted by Gasteiger charge is 2.41. The minimum absolute atomic E-state index is 0.102. The van der Waals surface area contributed by atoms with Crippen molar-refractivity contribution >= 4 is 17.1 Å². The first-order valence-corrected chi connectivity index (χ1v) is 20.8. The summed E-state index contributed by atoms with van der Waals surface area (Å²) in [5, 5.41) is 0. The predicted molar refractivity (Wildman–Crippen MR) is 245 cm³/mol. The van der Waals surface area contributed by atoms with Crippen molar-refractivity contribution in [3.63, 3.8) is 0 Å². The van der Waals surface area contributed by atoms with Crippen molar-refractivity contribution in [3.05, 3.63) is 209 Å². The van der Waals surface area contributed by atoms with Crippen molar-refractivity contribution in [1.29, 1.82) is 0 Å². The fourth-order valence-electron chi connectivity index (χ4n) is 11.1. The van der Waals surface area contributed by atoms with Gasteiger partial charge in [0.15, 0.2) is 0 Å². The molecule has 8 aromatic rings. The van der Waals surface area contributed by atoms with E-state index in [0.717, 1.165) is 5.69 Å². The van der Waals surface area contributed by atoms with Gasteiger partial charge in [-0.3, -0.25) is 0 Å².